The Labute approximate surface area is 258 Å². The topological polar surface area (TPSA) is 86.8 Å². The smallest absolute Gasteiger partial charge is 0.244 e. The fraction of sp³-hybridized carbons (Fsp3) is 0.600. The van der Waals surface area contributed by atoms with Crippen LogP contribution in [-0.2, 0) is 31.6 Å². The van der Waals surface area contributed by atoms with Crippen LogP contribution in [0.5, 0.6) is 0 Å². The number of amides is 2. The summed E-state index contributed by atoms with van der Waals surface area (Å²) in [7, 11) is -3.77. The summed E-state index contributed by atoms with van der Waals surface area (Å²) in [6.45, 7) is 6.35. The van der Waals surface area contributed by atoms with Gasteiger partial charge >= 0.3 is 0 Å². The molecule has 7 nitrogen and oxygen atoms in total. The van der Waals surface area contributed by atoms with Crippen LogP contribution in [0.25, 0.3) is 0 Å². The van der Waals surface area contributed by atoms with Crippen molar-refractivity contribution >= 4 is 27.5 Å². The second-order valence-electron chi connectivity index (χ2n) is 13.6. The van der Waals surface area contributed by atoms with E-state index in [0.717, 1.165) is 48.0 Å². The highest BCUT2D eigenvalue weighted by Crippen LogP contribution is 2.60. The molecule has 0 unspecified atom stereocenters. The average Bonchev–Trinajstić information content (AvgIpc) is 2.94. The first-order chi connectivity index (χ1) is 20.5. The van der Waals surface area contributed by atoms with Crippen LogP contribution in [0.4, 0.5) is 5.69 Å². The Morgan fingerprint density at radius 2 is 1.60 bits per heavy atom. The van der Waals surface area contributed by atoms with Crippen molar-refractivity contribution in [3.63, 3.8) is 0 Å². The molecule has 4 aliphatic carbocycles. The number of hydrogen-bond donors (Lipinski definition) is 1. The Morgan fingerprint density at radius 1 is 0.977 bits per heavy atom. The zero-order valence-electron chi connectivity index (χ0n) is 26.3. The molecular formula is C35H49N3O4S. The number of sulfonamides is 1. The number of rotatable bonds is 13. The lowest BCUT2D eigenvalue weighted by Gasteiger charge is -2.57. The molecule has 0 saturated heterocycles. The van der Waals surface area contributed by atoms with Crippen molar-refractivity contribution in [1.82, 2.24) is 10.2 Å². The Hall–Kier alpha value is -2.87. The number of carbonyl (C=O) groups excluding carboxylic acids is 2. The Kier molecular flexibility index (Phi) is 9.55. The highest BCUT2D eigenvalue weighted by Gasteiger charge is 2.51. The van der Waals surface area contributed by atoms with Crippen LogP contribution in [0.3, 0.4) is 0 Å². The second kappa shape index (κ2) is 13.0. The minimum Gasteiger partial charge on any atom is -0.354 e. The average molecular weight is 608 g/mol. The summed E-state index contributed by atoms with van der Waals surface area (Å²) in [5.41, 5.74) is 3.97. The van der Waals surface area contributed by atoms with Crippen molar-refractivity contribution in [2.75, 3.05) is 23.7 Å². The molecular weight excluding hydrogens is 558 g/mol. The molecule has 2 amide bonds. The molecule has 1 N–H and O–H groups in total. The first kappa shape index (κ1) is 31.6. The summed E-state index contributed by atoms with van der Waals surface area (Å²) in [5, 5.41) is 2.98. The van der Waals surface area contributed by atoms with Gasteiger partial charge < -0.3 is 10.2 Å². The van der Waals surface area contributed by atoms with Gasteiger partial charge in [0.2, 0.25) is 21.8 Å². The van der Waals surface area contributed by atoms with Gasteiger partial charge in [0.05, 0.1) is 11.9 Å². The van der Waals surface area contributed by atoms with Gasteiger partial charge in [0, 0.05) is 13.1 Å². The summed E-state index contributed by atoms with van der Waals surface area (Å²) in [6.07, 6.45) is 11.2. The van der Waals surface area contributed by atoms with Crippen LogP contribution < -0.4 is 9.62 Å². The number of aryl methyl sites for hydroxylation is 1. The number of benzene rings is 2. The third-order valence-corrected chi connectivity index (χ3v) is 11.3. The summed E-state index contributed by atoms with van der Waals surface area (Å²) >= 11 is 0. The van der Waals surface area contributed by atoms with Gasteiger partial charge in [-0.1, -0.05) is 62.2 Å². The second-order valence-corrected chi connectivity index (χ2v) is 15.5. The van der Waals surface area contributed by atoms with Crippen molar-refractivity contribution in [3.8, 4) is 0 Å². The van der Waals surface area contributed by atoms with Gasteiger partial charge in [-0.05, 0) is 105 Å². The van der Waals surface area contributed by atoms with E-state index in [1.807, 2.05) is 50.2 Å². The highest BCUT2D eigenvalue weighted by molar-refractivity contribution is 7.92. The maximum Gasteiger partial charge on any atom is 0.244 e. The number of nitrogens with one attached hydrogen (secondary N) is 1. The molecule has 2 aromatic carbocycles. The minimum absolute atomic E-state index is 0.206. The van der Waals surface area contributed by atoms with E-state index < -0.39 is 22.0 Å². The molecule has 0 aliphatic heterocycles. The largest absolute Gasteiger partial charge is 0.354 e. The summed E-state index contributed by atoms with van der Waals surface area (Å²) in [5.74, 6) is 1.86. The molecule has 6 rings (SSSR count). The number of hydrogen-bond acceptors (Lipinski definition) is 4. The van der Waals surface area contributed by atoms with Crippen molar-refractivity contribution in [2.45, 2.75) is 96.6 Å². The van der Waals surface area contributed by atoms with Crippen molar-refractivity contribution in [1.29, 1.82) is 0 Å². The number of nitrogens with zero attached hydrogens (tertiary/aromatic N) is 2. The van der Waals surface area contributed by atoms with Crippen LogP contribution in [0.1, 0.15) is 88.3 Å². The highest BCUT2D eigenvalue weighted by atomic mass is 32.2. The lowest BCUT2D eigenvalue weighted by atomic mass is 9.48. The SMILES string of the molecule is CCCCNC(=O)[C@@H](CC)N(Cc1cccc(C)c1)C(=O)CN(c1ccc(C23CC4CC(CC(C4)C2)C3)cc1)S(C)(=O)=O. The lowest BCUT2D eigenvalue weighted by molar-refractivity contribution is -0.140. The first-order valence-electron chi connectivity index (χ1n) is 16.2. The molecule has 0 heterocycles. The van der Waals surface area contributed by atoms with Gasteiger partial charge in [-0.2, -0.15) is 0 Å². The molecule has 4 bridgehead atoms. The van der Waals surface area contributed by atoms with Gasteiger partial charge in [0.1, 0.15) is 12.6 Å². The summed E-state index contributed by atoms with van der Waals surface area (Å²) in [6, 6.07) is 15.1. The van der Waals surface area contributed by atoms with Crippen molar-refractivity contribution < 1.29 is 18.0 Å². The molecule has 0 spiro atoms. The third-order valence-electron chi connectivity index (χ3n) is 10.1. The summed E-state index contributed by atoms with van der Waals surface area (Å²) in [4.78, 5) is 28.9. The molecule has 4 saturated carbocycles. The van der Waals surface area contributed by atoms with Crippen LogP contribution in [0.2, 0.25) is 0 Å². The van der Waals surface area contributed by atoms with Gasteiger partial charge in [0.15, 0.2) is 0 Å². The minimum atomic E-state index is -3.77. The van der Waals surface area contributed by atoms with E-state index in [-0.39, 0.29) is 24.4 Å². The fourth-order valence-corrected chi connectivity index (χ4v) is 9.34. The molecule has 2 aromatic rings. The number of unbranched alkanes of at least 4 members (excludes halogenated alkanes) is 1. The van der Waals surface area contributed by atoms with E-state index in [1.54, 1.807) is 4.90 Å². The van der Waals surface area contributed by atoms with E-state index in [4.69, 9.17) is 0 Å². The van der Waals surface area contributed by atoms with Gasteiger partial charge in [-0.3, -0.25) is 13.9 Å². The summed E-state index contributed by atoms with van der Waals surface area (Å²) < 4.78 is 27.4. The van der Waals surface area contributed by atoms with Gasteiger partial charge in [-0.25, -0.2) is 8.42 Å². The monoisotopic (exact) mass is 607 g/mol. The normalized spacial score (nSPS) is 24.9. The predicted octanol–water partition coefficient (Wildman–Crippen LogP) is 5.95. The van der Waals surface area contributed by atoms with E-state index in [2.05, 4.69) is 24.4 Å². The first-order valence-corrected chi connectivity index (χ1v) is 18.1. The molecule has 8 heteroatoms. The Bertz CT molecular complexity index is 1370. The maximum atomic E-state index is 14.0. The Morgan fingerprint density at radius 3 is 2.14 bits per heavy atom. The number of carbonyl (C=O) groups is 2. The molecule has 4 fully saturated rings. The Balaban J connectivity index is 1.39. The molecule has 234 valence electrons. The van der Waals surface area contributed by atoms with Crippen LogP contribution in [0, 0.1) is 24.7 Å². The van der Waals surface area contributed by atoms with E-state index in [1.165, 1.54) is 48.4 Å². The van der Waals surface area contributed by atoms with Crippen molar-refractivity contribution in [3.05, 3.63) is 65.2 Å². The zero-order valence-corrected chi connectivity index (χ0v) is 27.2. The lowest BCUT2D eigenvalue weighted by Crippen LogP contribution is -2.52. The number of anilines is 1. The molecule has 0 radical (unpaired) electrons. The fourth-order valence-electron chi connectivity index (χ4n) is 8.49. The molecule has 0 aromatic heterocycles. The maximum absolute atomic E-state index is 14.0. The quantitative estimate of drug-likeness (QED) is 0.285. The van der Waals surface area contributed by atoms with Crippen LogP contribution in [-0.4, -0.2) is 50.5 Å². The third kappa shape index (κ3) is 7.11. The molecule has 1 atom stereocenters. The van der Waals surface area contributed by atoms with Crippen LogP contribution in [0.15, 0.2) is 48.5 Å². The van der Waals surface area contributed by atoms with Crippen LogP contribution >= 0.6 is 0 Å². The van der Waals surface area contributed by atoms with Crippen molar-refractivity contribution in [2.24, 2.45) is 17.8 Å². The molecule has 43 heavy (non-hydrogen) atoms. The predicted molar refractivity (Wildman–Crippen MR) is 172 cm³/mol. The van der Waals surface area contributed by atoms with E-state index >= 15 is 0 Å². The van der Waals surface area contributed by atoms with E-state index in [9.17, 15) is 18.0 Å². The standard InChI is InChI=1S/C35H49N3O4S/c1-5-7-15-36-34(40)32(6-2)37(23-26-10-8-9-25(3)16-26)33(39)24-38(43(4,41)42)31-13-11-30(12-14-31)35-20-27-17-28(21-35)19-29(18-27)22-35/h8-14,16,27-29,32H,5-7,15,17-24H2,1-4H3,(H,36,40)/t27?,28?,29?,32-,35?/m1/s1. The molecule has 4 aliphatic rings. The van der Waals surface area contributed by atoms with E-state index in [0.29, 0.717) is 18.7 Å². The van der Waals surface area contributed by atoms with Gasteiger partial charge in [0.25, 0.3) is 0 Å². The van der Waals surface area contributed by atoms with Gasteiger partial charge in [-0.15, -0.1) is 0 Å². The zero-order chi connectivity index (χ0) is 30.8.